The summed E-state index contributed by atoms with van der Waals surface area (Å²) in [5.41, 5.74) is 2.07. The molecule has 1 aromatic heterocycles. The summed E-state index contributed by atoms with van der Waals surface area (Å²) in [7, 11) is 3.30. The topological polar surface area (TPSA) is 77.5 Å². The van der Waals surface area contributed by atoms with Crippen LogP contribution in [0.15, 0.2) is 30.3 Å². The van der Waals surface area contributed by atoms with Crippen molar-refractivity contribution in [2.75, 3.05) is 26.1 Å². The number of amides is 1. The molecule has 6 nitrogen and oxygen atoms in total. The van der Waals surface area contributed by atoms with Crippen LogP contribution in [0.3, 0.4) is 0 Å². The lowest BCUT2D eigenvalue weighted by atomic mass is 9.79. The first-order valence-electron chi connectivity index (χ1n) is 13.8. The van der Waals surface area contributed by atoms with Crippen LogP contribution >= 0.6 is 22.9 Å². The quantitative estimate of drug-likeness (QED) is 0.233. The van der Waals surface area contributed by atoms with E-state index in [4.69, 9.17) is 21.1 Å². The van der Waals surface area contributed by atoms with Crippen molar-refractivity contribution in [2.24, 2.45) is 17.8 Å². The van der Waals surface area contributed by atoms with Crippen molar-refractivity contribution in [1.82, 2.24) is 4.98 Å². The number of benzene rings is 2. The number of fused-ring (bicyclic) bond motifs is 1. The highest BCUT2D eigenvalue weighted by Crippen LogP contribution is 2.35. The minimum absolute atomic E-state index is 0.0268. The van der Waals surface area contributed by atoms with E-state index in [0.717, 1.165) is 52.9 Å². The molecule has 1 saturated carbocycles. The summed E-state index contributed by atoms with van der Waals surface area (Å²) >= 11 is 7.57. The van der Waals surface area contributed by atoms with E-state index < -0.39 is 0 Å². The molecule has 1 N–H and O–H groups in total. The Balaban J connectivity index is 0.000000325. The molecule has 1 heterocycles. The van der Waals surface area contributed by atoms with Gasteiger partial charge in [-0.1, -0.05) is 51.6 Å². The van der Waals surface area contributed by atoms with Crippen molar-refractivity contribution in [3.8, 4) is 5.75 Å². The Bertz CT molecular complexity index is 1260. The number of hydrogen-bond acceptors (Lipinski definition) is 6. The van der Waals surface area contributed by atoms with Gasteiger partial charge in [0.1, 0.15) is 11.3 Å². The molecule has 8 heteroatoms. The van der Waals surface area contributed by atoms with E-state index in [2.05, 4.69) is 31.1 Å². The summed E-state index contributed by atoms with van der Waals surface area (Å²) in [6.07, 6.45) is 6.82. The highest BCUT2D eigenvalue weighted by atomic mass is 35.5. The molecule has 2 unspecified atom stereocenters. The summed E-state index contributed by atoms with van der Waals surface area (Å²) in [4.78, 5) is 30.4. The molecule has 1 aliphatic rings. The normalized spacial score (nSPS) is 14.6. The second-order valence-corrected chi connectivity index (χ2v) is 12.2. The van der Waals surface area contributed by atoms with Gasteiger partial charge in [-0.05, 0) is 68.4 Å². The van der Waals surface area contributed by atoms with Gasteiger partial charge < -0.3 is 14.8 Å². The van der Waals surface area contributed by atoms with Crippen LogP contribution in [0.5, 0.6) is 5.75 Å². The monoisotopic (exact) mass is 572 g/mol. The number of aryl methyl sites for hydroxylation is 1. The van der Waals surface area contributed by atoms with Crippen molar-refractivity contribution in [2.45, 2.75) is 66.2 Å². The lowest BCUT2D eigenvalue weighted by Crippen LogP contribution is -2.24. The zero-order chi connectivity index (χ0) is 28.5. The molecule has 0 aliphatic heterocycles. The van der Waals surface area contributed by atoms with Crippen molar-refractivity contribution < 1.29 is 19.1 Å². The number of carbonyl (C=O) groups excluding carboxylic acids is 2. The Hall–Kier alpha value is -2.48. The van der Waals surface area contributed by atoms with Crippen LogP contribution < -0.4 is 10.1 Å². The number of aromatic nitrogens is 1. The molecule has 1 aliphatic carbocycles. The Labute approximate surface area is 241 Å². The molecule has 0 radical (unpaired) electrons. The van der Waals surface area contributed by atoms with E-state index in [-0.39, 0.29) is 17.6 Å². The second kappa shape index (κ2) is 14.8. The van der Waals surface area contributed by atoms with Gasteiger partial charge in [-0.15, -0.1) is 11.3 Å². The first kappa shape index (κ1) is 31.1. The predicted molar refractivity (Wildman–Crippen MR) is 162 cm³/mol. The average Bonchev–Trinajstić information content (AvgIpc) is 3.23. The Morgan fingerprint density at radius 1 is 1.15 bits per heavy atom. The first-order chi connectivity index (χ1) is 18.7. The van der Waals surface area contributed by atoms with Crippen molar-refractivity contribution in [3.05, 3.63) is 51.5 Å². The maximum Gasteiger partial charge on any atom is 0.260 e. The van der Waals surface area contributed by atoms with Crippen LogP contribution in [0.25, 0.3) is 10.2 Å². The lowest BCUT2D eigenvalue weighted by molar-refractivity contribution is 0.0856. The van der Waals surface area contributed by atoms with Gasteiger partial charge in [-0.2, -0.15) is 0 Å². The largest absolute Gasteiger partial charge is 0.496 e. The van der Waals surface area contributed by atoms with Gasteiger partial charge in [-0.3, -0.25) is 9.59 Å². The molecule has 3 aromatic rings. The zero-order valence-electron chi connectivity index (χ0n) is 23.9. The fourth-order valence-electron chi connectivity index (χ4n) is 5.03. The molecule has 2 aromatic carbocycles. The molecule has 1 amide bonds. The lowest BCUT2D eigenvalue weighted by Gasteiger charge is -2.25. The number of anilines is 1. The van der Waals surface area contributed by atoms with Gasteiger partial charge in [0, 0.05) is 30.2 Å². The van der Waals surface area contributed by atoms with Crippen molar-refractivity contribution in [1.29, 1.82) is 0 Å². The summed E-state index contributed by atoms with van der Waals surface area (Å²) in [5.74, 6) is 1.78. The summed E-state index contributed by atoms with van der Waals surface area (Å²) < 4.78 is 11.2. The van der Waals surface area contributed by atoms with E-state index in [1.54, 1.807) is 31.4 Å². The molecular weight excluding hydrogens is 532 g/mol. The molecule has 212 valence electrons. The van der Waals surface area contributed by atoms with Gasteiger partial charge >= 0.3 is 0 Å². The van der Waals surface area contributed by atoms with Crippen molar-refractivity contribution >= 4 is 50.5 Å². The summed E-state index contributed by atoms with van der Waals surface area (Å²) in [5, 5.41) is 4.20. The van der Waals surface area contributed by atoms with Gasteiger partial charge in [0.25, 0.3) is 5.91 Å². The number of hydrogen-bond donors (Lipinski definition) is 1. The number of ketones is 1. The minimum Gasteiger partial charge on any atom is -0.496 e. The van der Waals surface area contributed by atoms with Crippen LogP contribution in [0.1, 0.15) is 85.0 Å². The number of carbonyl (C=O) groups is 2. The molecule has 0 spiro atoms. The number of ether oxygens (including phenoxy) is 2. The molecule has 2 atom stereocenters. The highest BCUT2D eigenvalue weighted by Gasteiger charge is 2.29. The highest BCUT2D eigenvalue weighted by molar-refractivity contribution is 7.19. The fourth-order valence-corrected chi connectivity index (χ4v) is 6.16. The molecule has 0 saturated heterocycles. The minimum atomic E-state index is -0.351. The zero-order valence-corrected chi connectivity index (χ0v) is 25.5. The summed E-state index contributed by atoms with van der Waals surface area (Å²) in [6, 6.07) is 8.55. The SMILES string of the molecule is CCCC(C)CC(C)COC.COc1ccc2nc(C)sc2c1C(=O)Nc1cc(Cl)ccc1C(=O)C1CCC1. The van der Waals surface area contributed by atoms with Gasteiger partial charge in [0.05, 0.1) is 28.0 Å². The maximum atomic E-state index is 13.2. The number of Topliss-reactive ketones (excluding diaryl/α,β-unsaturated/α-hetero) is 1. The predicted octanol–water partition coefficient (Wildman–Crippen LogP) is 8.60. The number of thiazole rings is 1. The van der Waals surface area contributed by atoms with E-state index in [0.29, 0.717) is 27.6 Å². The van der Waals surface area contributed by atoms with Gasteiger partial charge in [0.15, 0.2) is 5.78 Å². The van der Waals surface area contributed by atoms with Crippen LogP contribution in [-0.4, -0.2) is 37.5 Å². The standard InChI is InChI=1S/C21H19ClN2O3S.C10H22O/c1-11-23-15-8-9-17(27-2)18(20(15)28-11)21(26)24-16-10-13(22)6-7-14(16)19(25)12-4-3-5-12;1-5-6-9(2)7-10(3)8-11-4/h6-10,12H,3-5H2,1-2H3,(H,24,26);9-10H,5-8H2,1-4H3. The number of nitrogens with one attached hydrogen (secondary N) is 1. The van der Waals surface area contributed by atoms with E-state index in [9.17, 15) is 9.59 Å². The van der Waals surface area contributed by atoms with Crippen LogP contribution in [0, 0.1) is 24.7 Å². The second-order valence-electron chi connectivity index (χ2n) is 10.6. The van der Waals surface area contributed by atoms with E-state index >= 15 is 0 Å². The number of rotatable bonds is 11. The third-order valence-electron chi connectivity index (χ3n) is 7.08. The number of halogens is 1. The molecule has 0 bridgehead atoms. The van der Waals surface area contributed by atoms with Crippen LogP contribution in [-0.2, 0) is 4.74 Å². The number of methoxy groups -OCH3 is 2. The fraction of sp³-hybridized carbons (Fsp3) is 0.516. The molecule has 1 fully saturated rings. The van der Waals surface area contributed by atoms with Gasteiger partial charge in [0.2, 0.25) is 0 Å². The van der Waals surface area contributed by atoms with E-state index in [1.165, 1.54) is 37.7 Å². The average molecular weight is 573 g/mol. The first-order valence-corrected chi connectivity index (χ1v) is 15.0. The van der Waals surface area contributed by atoms with Crippen LogP contribution in [0.2, 0.25) is 5.02 Å². The number of nitrogens with zero attached hydrogens (tertiary/aromatic N) is 1. The van der Waals surface area contributed by atoms with Crippen LogP contribution in [0.4, 0.5) is 5.69 Å². The third-order valence-corrected chi connectivity index (χ3v) is 8.32. The van der Waals surface area contributed by atoms with E-state index in [1.807, 2.05) is 13.0 Å². The molecule has 4 rings (SSSR count). The Morgan fingerprint density at radius 2 is 1.90 bits per heavy atom. The summed E-state index contributed by atoms with van der Waals surface area (Å²) in [6.45, 7) is 9.64. The third kappa shape index (κ3) is 8.26. The molecular formula is C31H41ClN2O4S. The van der Waals surface area contributed by atoms with Crippen molar-refractivity contribution in [3.63, 3.8) is 0 Å². The molecule has 39 heavy (non-hydrogen) atoms. The van der Waals surface area contributed by atoms with Gasteiger partial charge in [-0.25, -0.2) is 4.98 Å². The smallest absolute Gasteiger partial charge is 0.260 e. The maximum absolute atomic E-state index is 13.2. The Morgan fingerprint density at radius 3 is 2.51 bits per heavy atom. The Kier molecular flexibility index (Phi) is 11.8.